The van der Waals surface area contributed by atoms with Crippen molar-refractivity contribution in [3.05, 3.63) is 59.8 Å². The quantitative estimate of drug-likeness (QED) is 0.318. The zero-order valence-electron chi connectivity index (χ0n) is 19.8. The number of fused-ring (bicyclic) bond motifs is 1. The molecule has 0 saturated heterocycles. The molecule has 0 atom stereocenters. The van der Waals surface area contributed by atoms with Gasteiger partial charge >= 0.3 is 0 Å². The molecule has 0 unspecified atom stereocenters. The molecule has 0 spiro atoms. The van der Waals surface area contributed by atoms with Crippen molar-refractivity contribution in [1.29, 1.82) is 0 Å². The van der Waals surface area contributed by atoms with E-state index >= 15 is 0 Å². The van der Waals surface area contributed by atoms with Crippen molar-refractivity contribution in [1.82, 2.24) is 0 Å². The van der Waals surface area contributed by atoms with Crippen LogP contribution in [0.1, 0.15) is 63.0 Å². The summed E-state index contributed by atoms with van der Waals surface area (Å²) in [5.74, 6) is 0.540. The molecule has 1 aliphatic rings. The fraction of sp³-hybridized carbons (Fsp3) is 0.464. The van der Waals surface area contributed by atoms with Crippen molar-refractivity contribution in [2.45, 2.75) is 77.4 Å². The van der Waals surface area contributed by atoms with Gasteiger partial charge in [-0.05, 0) is 47.0 Å². The Morgan fingerprint density at radius 3 is 2.37 bits per heavy atom. The largest absolute Gasteiger partial charge is 0.220 e. The second-order valence-electron chi connectivity index (χ2n) is 10.4. The molecule has 1 aliphatic carbocycles. The minimum atomic E-state index is -1.45. The zero-order valence-corrected chi connectivity index (χ0v) is 20.8. The molecule has 3 aromatic rings. The second kappa shape index (κ2) is 8.30. The highest BCUT2D eigenvalue weighted by molar-refractivity contribution is 6.91. The van der Waals surface area contributed by atoms with Crippen LogP contribution in [0.3, 0.4) is 0 Å². The lowest BCUT2D eigenvalue weighted by molar-refractivity contribution is -0.659. The van der Waals surface area contributed by atoms with Gasteiger partial charge in [0.15, 0.2) is 6.20 Å². The van der Waals surface area contributed by atoms with Crippen LogP contribution in [0, 0.1) is 6.92 Å². The minimum Gasteiger partial charge on any atom is -0.200 e. The molecule has 0 radical (unpaired) electrons. The van der Waals surface area contributed by atoms with Gasteiger partial charge in [-0.25, -0.2) is 4.57 Å². The molecule has 2 heteroatoms. The Hall–Kier alpha value is -1.93. The summed E-state index contributed by atoms with van der Waals surface area (Å²) in [7, 11) is 0.738. The number of hydrogen-bond acceptors (Lipinski definition) is 0. The predicted molar refractivity (Wildman–Crippen MR) is 133 cm³/mol. The van der Waals surface area contributed by atoms with E-state index in [1.807, 2.05) is 0 Å². The Bertz CT molecular complexity index is 1060. The highest BCUT2D eigenvalue weighted by Gasteiger charge is 2.34. The molecule has 1 saturated carbocycles. The monoisotopic (exact) mass is 416 g/mol. The fourth-order valence-corrected chi connectivity index (χ4v) is 8.79. The molecule has 1 nitrogen and oxygen atoms in total. The Kier molecular flexibility index (Phi) is 5.90. The van der Waals surface area contributed by atoms with Crippen LogP contribution >= 0.6 is 0 Å². The van der Waals surface area contributed by atoms with Crippen molar-refractivity contribution in [3.63, 3.8) is 0 Å². The lowest BCUT2D eigenvalue weighted by atomic mass is 9.94. The molecular weight excluding hydrogens is 378 g/mol. The van der Waals surface area contributed by atoms with Crippen LogP contribution in [0.25, 0.3) is 22.0 Å². The molecule has 0 N–H and O–H groups in total. The number of benzene rings is 2. The third-order valence-corrected chi connectivity index (χ3v) is 12.1. The number of rotatable bonds is 4. The summed E-state index contributed by atoms with van der Waals surface area (Å²) < 4.78 is 2.30. The van der Waals surface area contributed by atoms with Gasteiger partial charge in [0.2, 0.25) is 5.69 Å². The van der Waals surface area contributed by atoms with Gasteiger partial charge in [0.1, 0.15) is 7.05 Å². The molecule has 30 heavy (non-hydrogen) atoms. The minimum absolute atomic E-state index is 0.540. The first-order chi connectivity index (χ1) is 14.3. The highest BCUT2D eigenvalue weighted by atomic mass is 28.3. The second-order valence-corrected chi connectivity index (χ2v) is 15.2. The average molecular weight is 417 g/mol. The molecule has 1 heterocycles. The standard InChI is InChI=1S/C28H38NSi/c1-20(2)22-13-12-21(3)27(19-22)28-26-15-14-25(18-23(26)16-17-29(28)4)30(5,6)24-10-8-7-9-11-24/h12-20,24H,7-11H2,1-6H3/q+1. The topological polar surface area (TPSA) is 3.88 Å². The Morgan fingerprint density at radius 1 is 0.933 bits per heavy atom. The Labute approximate surface area is 184 Å². The molecule has 0 aliphatic heterocycles. The summed E-state index contributed by atoms with van der Waals surface area (Å²) >= 11 is 0. The fourth-order valence-electron chi connectivity index (χ4n) is 5.42. The maximum absolute atomic E-state index is 2.60. The van der Waals surface area contributed by atoms with Crippen LogP contribution in [-0.4, -0.2) is 8.07 Å². The van der Waals surface area contributed by atoms with Gasteiger partial charge < -0.3 is 0 Å². The molecule has 1 fully saturated rings. The molecule has 0 amide bonds. The zero-order chi connectivity index (χ0) is 21.5. The summed E-state index contributed by atoms with van der Waals surface area (Å²) in [4.78, 5) is 0. The van der Waals surface area contributed by atoms with E-state index in [0.29, 0.717) is 5.92 Å². The summed E-state index contributed by atoms with van der Waals surface area (Å²) in [5, 5.41) is 4.40. The van der Waals surface area contributed by atoms with Gasteiger partial charge in [0.25, 0.3) is 0 Å². The van der Waals surface area contributed by atoms with Crippen molar-refractivity contribution in [2.24, 2.45) is 7.05 Å². The van der Waals surface area contributed by atoms with E-state index in [2.05, 4.69) is 94.1 Å². The van der Waals surface area contributed by atoms with Crippen molar-refractivity contribution < 1.29 is 4.57 Å². The van der Waals surface area contributed by atoms with E-state index in [9.17, 15) is 0 Å². The van der Waals surface area contributed by atoms with Crippen LogP contribution in [0.5, 0.6) is 0 Å². The summed E-state index contributed by atoms with van der Waals surface area (Å²) in [6.07, 6.45) is 9.42. The number of nitrogens with zero attached hydrogens (tertiary/aromatic N) is 1. The van der Waals surface area contributed by atoms with Crippen LogP contribution < -0.4 is 9.75 Å². The van der Waals surface area contributed by atoms with Gasteiger partial charge in [-0.15, -0.1) is 0 Å². The molecule has 0 bridgehead atoms. The number of hydrogen-bond donors (Lipinski definition) is 0. The van der Waals surface area contributed by atoms with Crippen molar-refractivity contribution in [3.8, 4) is 11.3 Å². The Morgan fingerprint density at radius 2 is 1.67 bits per heavy atom. The predicted octanol–water partition coefficient (Wildman–Crippen LogP) is 7.01. The van der Waals surface area contributed by atoms with E-state index in [0.717, 1.165) is 5.54 Å². The van der Waals surface area contributed by atoms with E-state index in [1.54, 1.807) is 5.19 Å². The highest BCUT2D eigenvalue weighted by Crippen LogP contribution is 2.37. The van der Waals surface area contributed by atoms with Crippen LogP contribution in [0.2, 0.25) is 18.6 Å². The van der Waals surface area contributed by atoms with Gasteiger partial charge in [-0.1, -0.05) is 88.5 Å². The number of aromatic nitrogens is 1. The van der Waals surface area contributed by atoms with Crippen molar-refractivity contribution in [2.75, 3.05) is 0 Å². The van der Waals surface area contributed by atoms with E-state index in [4.69, 9.17) is 0 Å². The molecule has 1 aromatic heterocycles. The number of aryl methyl sites for hydroxylation is 2. The maximum Gasteiger partial charge on any atom is 0.220 e. The average Bonchev–Trinajstić information content (AvgIpc) is 2.74. The van der Waals surface area contributed by atoms with Gasteiger partial charge in [0.05, 0.1) is 13.5 Å². The maximum atomic E-state index is 2.60. The Balaban J connectivity index is 1.84. The molecule has 158 valence electrons. The summed E-state index contributed by atoms with van der Waals surface area (Å²) in [6.45, 7) is 12.0. The van der Waals surface area contributed by atoms with Crippen molar-refractivity contribution >= 4 is 24.0 Å². The molecule has 4 rings (SSSR count). The third kappa shape index (κ3) is 3.87. The van der Waals surface area contributed by atoms with E-state index in [1.165, 1.54) is 65.3 Å². The first-order valence-corrected chi connectivity index (χ1v) is 14.9. The summed E-state index contributed by atoms with van der Waals surface area (Å²) in [5.41, 5.74) is 6.41. The normalized spacial score (nSPS) is 15.8. The number of pyridine rings is 1. The first-order valence-electron chi connectivity index (χ1n) is 11.8. The smallest absolute Gasteiger partial charge is 0.200 e. The lowest BCUT2D eigenvalue weighted by Crippen LogP contribution is -2.46. The van der Waals surface area contributed by atoms with Gasteiger partial charge in [-0.3, -0.25) is 0 Å². The summed E-state index contributed by atoms with van der Waals surface area (Å²) in [6, 6.07) is 16.7. The SMILES string of the molecule is Cc1ccc(C(C)C)cc1-c1c2ccc([Si](C)(C)C3CCCCC3)cc2cc[n+]1C. The van der Waals surface area contributed by atoms with E-state index in [-0.39, 0.29) is 0 Å². The molecule has 2 aromatic carbocycles. The first kappa shape index (κ1) is 21.3. The van der Waals surface area contributed by atoms with E-state index < -0.39 is 8.07 Å². The molecular formula is C28H38NSi+. The lowest BCUT2D eigenvalue weighted by Gasteiger charge is -2.36. The third-order valence-electron chi connectivity index (χ3n) is 7.69. The van der Waals surface area contributed by atoms with Crippen LogP contribution in [0.4, 0.5) is 0 Å². The van der Waals surface area contributed by atoms with Crippen LogP contribution in [-0.2, 0) is 7.05 Å². The van der Waals surface area contributed by atoms with Crippen LogP contribution in [0.15, 0.2) is 48.7 Å². The van der Waals surface area contributed by atoms with Gasteiger partial charge in [-0.2, -0.15) is 0 Å². The van der Waals surface area contributed by atoms with Gasteiger partial charge in [0, 0.05) is 11.6 Å².